The topological polar surface area (TPSA) is 37.3 Å². The van der Waals surface area contributed by atoms with Crippen LogP contribution in [-0.2, 0) is 11.2 Å². The number of hydrogen-bond donors (Lipinski definition) is 1. The molecule has 2 nitrogen and oxygen atoms in total. The summed E-state index contributed by atoms with van der Waals surface area (Å²) in [6, 6.07) is 14.5. The fraction of sp³-hybridized carbons (Fsp3) is 0.350. The predicted octanol–water partition coefficient (Wildman–Crippen LogP) is 4.06. The smallest absolute Gasteiger partial charge is 0.133 e. The van der Waals surface area contributed by atoms with Gasteiger partial charge in [0.1, 0.15) is 5.78 Å². The van der Waals surface area contributed by atoms with Crippen molar-refractivity contribution in [2.45, 2.75) is 38.2 Å². The van der Waals surface area contributed by atoms with Gasteiger partial charge >= 0.3 is 0 Å². The lowest BCUT2D eigenvalue weighted by Gasteiger charge is -2.20. The molecule has 1 N–H and O–H groups in total. The van der Waals surface area contributed by atoms with E-state index in [1.807, 2.05) is 31.2 Å². The zero-order valence-corrected chi connectivity index (χ0v) is 13.0. The summed E-state index contributed by atoms with van der Waals surface area (Å²) in [5.74, 6) is 0.638. The maximum atomic E-state index is 11.3. The van der Waals surface area contributed by atoms with Gasteiger partial charge in [-0.25, -0.2) is 0 Å². The summed E-state index contributed by atoms with van der Waals surface area (Å²) in [6.07, 6.45) is 6.69. The molecule has 0 heterocycles. The Morgan fingerprint density at radius 1 is 1.23 bits per heavy atom. The van der Waals surface area contributed by atoms with Gasteiger partial charge in [-0.15, -0.1) is 0 Å². The first-order chi connectivity index (χ1) is 10.5. The summed E-state index contributed by atoms with van der Waals surface area (Å²) in [6.45, 7) is 1.83. The van der Waals surface area contributed by atoms with E-state index in [2.05, 4.69) is 30.3 Å². The minimum absolute atomic E-state index is 0.301. The van der Waals surface area contributed by atoms with Crippen molar-refractivity contribution in [3.05, 3.63) is 60.2 Å². The number of hydrogen-bond acceptors (Lipinski definition) is 2. The second kappa shape index (κ2) is 6.05. The summed E-state index contributed by atoms with van der Waals surface area (Å²) in [5, 5.41) is 13.0. The van der Waals surface area contributed by atoms with Gasteiger partial charge in [0, 0.05) is 19.3 Å². The van der Waals surface area contributed by atoms with E-state index in [1.165, 1.54) is 10.8 Å². The lowest BCUT2D eigenvalue weighted by Crippen LogP contribution is -2.24. The number of carbonyl (C=O) groups excluding carboxylic acids is 1. The van der Waals surface area contributed by atoms with Crippen molar-refractivity contribution in [3.63, 3.8) is 0 Å². The standard InChI is InChI=1S/C20H22O2/c1-20(22,11-10-15-7-9-19(21)13-15)14-16-6-8-17-4-2-3-5-18(17)12-16/h2-6,8,10-12,15,22H,7,9,13-14H2,1H3/b11-10+/t15-,20?/m1/s1. The second-order valence-electron chi connectivity index (χ2n) is 6.62. The molecule has 22 heavy (non-hydrogen) atoms. The largest absolute Gasteiger partial charge is 0.386 e. The van der Waals surface area contributed by atoms with E-state index in [1.54, 1.807) is 0 Å². The molecule has 0 radical (unpaired) electrons. The Kier molecular flexibility index (Phi) is 4.12. The summed E-state index contributed by atoms with van der Waals surface area (Å²) >= 11 is 0. The van der Waals surface area contributed by atoms with Crippen LogP contribution in [0.3, 0.4) is 0 Å². The van der Waals surface area contributed by atoms with Gasteiger partial charge < -0.3 is 5.11 Å². The van der Waals surface area contributed by atoms with Crippen molar-refractivity contribution in [3.8, 4) is 0 Å². The first-order valence-electron chi connectivity index (χ1n) is 7.93. The van der Waals surface area contributed by atoms with Crippen LogP contribution in [0.5, 0.6) is 0 Å². The Labute approximate surface area is 131 Å². The van der Waals surface area contributed by atoms with Gasteiger partial charge in [-0.1, -0.05) is 54.6 Å². The number of benzene rings is 2. The molecule has 114 valence electrons. The molecule has 1 unspecified atom stereocenters. The second-order valence-corrected chi connectivity index (χ2v) is 6.62. The maximum absolute atomic E-state index is 11.3. The van der Waals surface area contributed by atoms with Crippen LogP contribution in [0.25, 0.3) is 10.8 Å². The van der Waals surface area contributed by atoms with Gasteiger partial charge in [0.05, 0.1) is 5.60 Å². The average Bonchev–Trinajstić information content (AvgIpc) is 2.91. The molecule has 0 amide bonds. The van der Waals surface area contributed by atoms with Crippen molar-refractivity contribution < 1.29 is 9.90 Å². The number of fused-ring (bicyclic) bond motifs is 1. The normalized spacial score (nSPS) is 21.5. The Bertz CT molecular complexity index is 712. The van der Waals surface area contributed by atoms with E-state index in [0.29, 0.717) is 31.0 Å². The van der Waals surface area contributed by atoms with Crippen LogP contribution in [-0.4, -0.2) is 16.5 Å². The lowest BCUT2D eigenvalue weighted by molar-refractivity contribution is -0.117. The molecule has 2 heteroatoms. The van der Waals surface area contributed by atoms with Crippen LogP contribution in [0.2, 0.25) is 0 Å². The third-order valence-electron chi connectivity index (χ3n) is 4.39. The van der Waals surface area contributed by atoms with Crippen LogP contribution in [0.4, 0.5) is 0 Å². The SMILES string of the molecule is CC(O)(/C=C/[C@H]1CCC(=O)C1)Cc1ccc2ccccc2c1. The highest BCUT2D eigenvalue weighted by Crippen LogP contribution is 2.25. The summed E-state index contributed by atoms with van der Waals surface area (Å²) in [4.78, 5) is 11.3. The summed E-state index contributed by atoms with van der Waals surface area (Å²) < 4.78 is 0. The maximum Gasteiger partial charge on any atom is 0.133 e. The van der Waals surface area contributed by atoms with E-state index in [-0.39, 0.29) is 0 Å². The highest BCUT2D eigenvalue weighted by Gasteiger charge is 2.22. The van der Waals surface area contributed by atoms with Crippen LogP contribution < -0.4 is 0 Å². The van der Waals surface area contributed by atoms with E-state index in [9.17, 15) is 9.90 Å². The van der Waals surface area contributed by atoms with Gasteiger partial charge in [-0.2, -0.15) is 0 Å². The van der Waals surface area contributed by atoms with Crippen molar-refractivity contribution >= 4 is 16.6 Å². The van der Waals surface area contributed by atoms with Gasteiger partial charge in [0.15, 0.2) is 0 Å². The molecule has 1 aliphatic carbocycles. The first kappa shape index (κ1) is 15.0. The molecule has 0 spiro atoms. The van der Waals surface area contributed by atoms with Crippen molar-refractivity contribution in [1.29, 1.82) is 0 Å². The molecule has 2 aromatic carbocycles. The van der Waals surface area contributed by atoms with Crippen LogP contribution in [0.15, 0.2) is 54.6 Å². The number of rotatable bonds is 4. The third-order valence-corrected chi connectivity index (χ3v) is 4.39. The monoisotopic (exact) mass is 294 g/mol. The Morgan fingerprint density at radius 3 is 2.73 bits per heavy atom. The van der Waals surface area contributed by atoms with E-state index < -0.39 is 5.60 Å². The van der Waals surface area contributed by atoms with E-state index in [4.69, 9.17) is 0 Å². The predicted molar refractivity (Wildman–Crippen MR) is 89.8 cm³/mol. The number of carbonyl (C=O) groups is 1. The Morgan fingerprint density at radius 2 is 2.00 bits per heavy atom. The first-order valence-corrected chi connectivity index (χ1v) is 7.93. The molecule has 0 saturated heterocycles. The molecule has 2 atom stereocenters. The molecular formula is C20H22O2. The fourth-order valence-electron chi connectivity index (χ4n) is 3.17. The quantitative estimate of drug-likeness (QED) is 0.863. The molecule has 1 aliphatic rings. The zero-order valence-electron chi connectivity index (χ0n) is 13.0. The molecule has 3 rings (SSSR count). The highest BCUT2D eigenvalue weighted by atomic mass is 16.3. The fourth-order valence-corrected chi connectivity index (χ4v) is 3.17. The molecule has 0 aliphatic heterocycles. The van der Waals surface area contributed by atoms with Gasteiger partial charge in [-0.05, 0) is 35.6 Å². The molecule has 0 aromatic heterocycles. The molecule has 1 saturated carbocycles. The van der Waals surface area contributed by atoms with Crippen molar-refractivity contribution in [2.24, 2.45) is 5.92 Å². The molecule has 0 bridgehead atoms. The number of allylic oxidation sites excluding steroid dienone is 1. The van der Waals surface area contributed by atoms with Gasteiger partial charge in [0.2, 0.25) is 0 Å². The van der Waals surface area contributed by atoms with E-state index in [0.717, 1.165) is 12.0 Å². The van der Waals surface area contributed by atoms with Crippen LogP contribution in [0, 0.1) is 5.92 Å². The molecular weight excluding hydrogens is 272 g/mol. The Balaban J connectivity index is 1.71. The average molecular weight is 294 g/mol. The minimum atomic E-state index is -0.881. The van der Waals surface area contributed by atoms with Crippen LogP contribution >= 0.6 is 0 Å². The highest BCUT2D eigenvalue weighted by molar-refractivity contribution is 5.83. The van der Waals surface area contributed by atoms with Crippen molar-refractivity contribution in [2.75, 3.05) is 0 Å². The number of aliphatic hydroxyl groups is 1. The van der Waals surface area contributed by atoms with Crippen LogP contribution in [0.1, 0.15) is 31.7 Å². The Hall–Kier alpha value is -1.93. The van der Waals surface area contributed by atoms with Crippen molar-refractivity contribution in [1.82, 2.24) is 0 Å². The summed E-state index contributed by atoms with van der Waals surface area (Å²) in [7, 11) is 0. The van der Waals surface area contributed by atoms with Gasteiger partial charge in [-0.3, -0.25) is 4.79 Å². The third kappa shape index (κ3) is 3.63. The molecule has 2 aromatic rings. The van der Waals surface area contributed by atoms with E-state index >= 15 is 0 Å². The minimum Gasteiger partial charge on any atom is -0.386 e. The number of Topliss-reactive ketones (excluding diaryl/α,β-unsaturated/α-hetero) is 1. The van der Waals surface area contributed by atoms with Gasteiger partial charge in [0.25, 0.3) is 0 Å². The zero-order chi connectivity index (χ0) is 15.6. The number of ketones is 1. The summed E-state index contributed by atoms with van der Waals surface area (Å²) in [5.41, 5.74) is 0.240. The lowest BCUT2D eigenvalue weighted by atomic mass is 9.93. The molecule has 1 fully saturated rings.